The van der Waals surface area contributed by atoms with Crippen LogP contribution in [0.2, 0.25) is 0 Å². The number of nitrogens with zero attached hydrogens (tertiary/aromatic N) is 2. The second-order valence-corrected chi connectivity index (χ2v) is 6.37. The molecule has 0 heterocycles. The number of carbonyl (C=O) groups excluding carboxylic acids is 1. The minimum Gasteiger partial charge on any atom is -0.457 e. The van der Waals surface area contributed by atoms with Crippen molar-refractivity contribution in [3.8, 4) is 17.6 Å². The van der Waals surface area contributed by atoms with Crippen LogP contribution in [0, 0.1) is 28.4 Å². The summed E-state index contributed by atoms with van der Waals surface area (Å²) in [7, 11) is 0. The van der Waals surface area contributed by atoms with Gasteiger partial charge in [0.2, 0.25) is 0 Å². The summed E-state index contributed by atoms with van der Waals surface area (Å²) >= 11 is 0. The molecule has 0 aliphatic heterocycles. The van der Waals surface area contributed by atoms with Crippen molar-refractivity contribution >= 4 is 23.4 Å². The molecule has 7 heteroatoms. The minimum atomic E-state index is -0.657. The fraction of sp³-hybridized carbons (Fsp3) is 0.0435. The summed E-state index contributed by atoms with van der Waals surface area (Å²) in [6.45, 7) is 1.71. The maximum absolute atomic E-state index is 12.6. The molecule has 1 N–H and O–H groups in total. The van der Waals surface area contributed by atoms with Crippen molar-refractivity contribution in [2.24, 2.45) is 0 Å². The number of hydrogen-bond acceptors (Lipinski definition) is 5. The highest BCUT2D eigenvalue weighted by molar-refractivity contribution is 6.10. The largest absolute Gasteiger partial charge is 0.457 e. The molecule has 148 valence electrons. The first-order valence-corrected chi connectivity index (χ1v) is 8.97. The fourth-order valence-electron chi connectivity index (χ4n) is 2.66. The number of aryl methyl sites for hydroxylation is 1. The van der Waals surface area contributed by atoms with Crippen LogP contribution in [0.1, 0.15) is 11.1 Å². The Morgan fingerprint density at radius 3 is 2.50 bits per heavy atom. The quantitative estimate of drug-likeness (QED) is 0.264. The van der Waals surface area contributed by atoms with E-state index < -0.39 is 10.8 Å². The second-order valence-electron chi connectivity index (χ2n) is 6.37. The number of non-ortho nitro benzene ring substituents is 1. The Hall–Kier alpha value is -4.44. The van der Waals surface area contributed by atoms with E-state index in [1.54, 1.807) is 31.2 Å². The van der Waals surface area contributed by atoms with Crippen LogP contribution in [0.25, 0.3) is 6.08 Å². The van der Waals surface area contributed by atoms with Crippen LogP contribution in [0.4, 0.5) is 11.4 Å². The molecule has 3 rings (SSSR count). The van der Waals surface area contributed by atoms with Gasteiger partial charge >= 0.3 is 0 Å². The fourth-order valence-corrected chi connectivity index (χ4v) is 2.66. The van der Waals surface area contributed by atoms with Gasteiger partial charge in [0.1, 0.15) is 23.1 Å². The van der Waals surface area contributed by atoms with Gasteiger partial charge in [-0.15, -0.1) is 0 Å². The predicted octanol–water partition coefficient (Wildman–Crippen LogP) is 5.24. The van der Waals surface area contributed by atoms with Crippen LogP contribution in [0.15, 0.2) is 78.4 Å². The number of ether oxygens (including phenoxy) is 1. The summed E-state index contributed by atoms with van der Waals surface area (Å²) in [5, 5.41) is 23.0. The van der Waals surface area contributed by atoms with Crippen molar-refractivity contribution in [3.63, 3.8) is 0 Å². The zero-order chi connectivity index (χ0) is 21.5. The number of nitro groups is 1. The van der Waals surface area contributed by atoms with E-state index in [2.05, 4.69) is 5.32 Å². The van der Waals surface area contributed by atoms with Gasteiger partial charge in [0.15, 0.2) is 0 Å². The third-order valence-corrected chi connectivity index (χ3v) is 4.19. The van der Waals surface area contributed by atoms with E-state index >= 15 is 0 Å². The van der Waals surface area contributed by atoms with Crippen LogP contribution in [-0.2, 0) is 4.79 Å². The standard InChI is InChI=1S/C23H17N3O4/c1-16-10-11-19(26(28)29)14-22(16)25-23(27)18(15-24)12-17-6-5-9-21(13-17)30-20-7-3-2-4-8-20/h2-14H,1H3,(H,25,27)/b18-12+. The number of anilines is 1. The highest BCUT2D eigenvalue weighted by atomic mass is 16.6. The summed E-state index contributed by atoms with van der Waals surface area (Å²) in [6.07, 6.45) is 1.43. The number of amides is 1. The molecule has 0 aliphatic rings. The first-order valence-electron chi connectivity index (χ1n) is 8.97. The molecule has 3 aromatic carbocycles. The Morgan fingerprint density at radius 1 is 1.07 bits per heavy atom. The Morgan fingerprint density at radius 2 is 1.80 bits per heavy atom. The zero-order valence-corrected chi connectivity index (χ0v) is 16.0. The molecular weight excluding hydrogens is 382 g/mol. The van der Waals surface area contributed by atoms with Crippen LogP contribution in [0.5, 0.6) is 11.5 Å². The number of nitriles is 1. The van der Waals surface area contributed by atoms with Gasteiger partial charge < -0.3 is 10.1 Å². The Balaban J connectivity index is 1.81. The summed E-state index contributed by atoms with van der Waals surface area (Å²) < 4.78 is 5.77. The summed E-state index contributed by atoms with van der Waals surface area (Å²) in [5.74, 6) is 0.565. The van der Waals surface area contributed by atoms with Crippen molar-refractivity contribution in [1.29, 1.82) is 5.26 Å². The number of carbonyl (C=O) groups is 1. The molecule has 3 aromatic rings. The maximum atomic E-state index is 12.6. The van der Waals surface area contributed by atoms with Crippen molar-refractivity contribution in [3.05, 3.63) is 99.6 Å². The van der Waals surface area contributed by atoms with E-state index in [1.807, 2.05) is 36.4 Å². The number of rotatable bonds is 6. The van der Waals surface area contributed by atoms with E-state index in [9.17, 15) is 20.2 Å². The molecule has 0 radical (unpaired) electrons. The van der Waals surface area contributed by atoms with Crippen molar-refractivity contribution in [2.45, 2.75) is 6.92 Å². The number of para-hydroxylation sites is 1. The molecule has 0 fully saturated rings. The highest BCUT2D eigenvalue weighted by Gasteiger charge is 2.14. The van der Waals surface area contributed by atoms with Crippen LogP contribution >= 0.6 is 0 Å². The minimum absolute atomic E-state index is 0.141. The third kappa shape index (κ3) is 5.09. The molecule has 1 amide bonds. The zero-order valence-electron chi connectivity index (χ0n) is 16.0. The second kappa shape index (κ2) is 9.17. The molecule has 7 nitrogen and oxygen atoms in total. The van der Waals surface area contributed by atoms with Crippen LogP contribution in [-0.4, -0.2) is 10.8 Å². The Kier molecular flexibility index (Phi) is 6.20. The molecular formula is C23H17N3O4. The van der Waals surface area contributed by atoms with Crippen LogP contribution < -0.4 is 10.1 Å². The number of benzene rings is 3. The van der Waals surface area contributed by atoms with E-state index in [1.165, 1.54) is 24.3 Å². The third-order valence-electron chi connectivity index (χ3n) is 4.19. The molecule has 0 saturated heterocycles. The van der Waals surface area contributed by atoms with Crippen molar-refractivity contribution in [2.75, 3.05) is 5.32 Å². The van der Waals surface area contributed by atoms with E-state index in [0.717, 1.165) is 0 Å². The molecule has 0 unspecified atom stereocenters. The van der Waals surface area contributed by atoms with Crippen molar-refractivity contribution in [1.82, 2.24) is 0 Å². The van der Waals surface area contributed by atoms with Gasteiger partial charge in [-0.25, -0.2) is 0 Å². The number of nitrogens with one attached hydrogen (secondary N) is 1. The van der Waals surface area contributed by atoms with Gasteiger partial charge in [-0.3, -0.25) is 14.9 Å². The summed E-state index contributed by atoms with van der Waals surface area (Å²) in [5.41, 5.74) is 1.23. The molecule has 0 atom stereocenters. The predicted molar refractivity (Wildman–Crippen MR) is 113 cm³/mol. The molecule has 30 heavy (non-hydrogen) atoms. The number of nitro benzene ring substituents is 1. The number of hydrogen-bond donors (Lipinski definition) is 1. The van der Waals surface area contributed by atoms with Gasteiger partial charge in [-0.05, 0) is 48.4 Å². The smallest absolute Gasteiger partial charge is 0.271 e. The average molecular weight is 399 g/mol. The topological polar surface area (TPSA) is 105 Å². The van der Waals surface area contributed by atoms with Gasteiger partial charge in [0.25, 0.3) is 11.6 Å². The molecule has 0 aliphatic carbocycles. The van der Waals surface area contributed by atoms with Gasteiger partial charge in [0.05, 0.1) is 10.6 Å². The first-order chi connectivity index (χ1) is 14.5. The normalized spacial score (nSPS) is 10.7. The average Bonchev–Trinajstić information content (AvgIpc) is 2.74. The lowest BCUT2D eigenvalue weighted by atomic mass is 10.1. The van der Waals surface area contributed by atoms with Gasteiger partial charge in [-0.1, -0.05) is 36.4 Å². The highest BCUT2D eigenvalue weighted by Crippen LogP contribution is 2.24. The monoisotopic (exact) mass is 399 g/mol. The van der Waals surface area contributed by atoms with Gasteiger partial charge in [0, 0.05) is 12.1 Å². The summed E-state index contributed by atoms with van der Waals surface area (Å²) in [4.78, 5) is 23.0. The lowest BCUT2D eigenvalue weighted by Gasteiger charge is -2.08. The molecule has 0 aromatic heterocycles. The lowest BCUT2D eigenvalue weighted by molar-refractivity contribution is -0.384. The van der Waals surface area contributed by atoms with E-state index in [4.69, 9.17) is 4.74 Å². The summed E-state index contributed by atoms with van der Waals surface area (Å²) in [6, 6.07) is 22.2. The Bertz CT molecular complexity index is 1160. The molecule has 0 saturated carbocycles. The SMILES string of the molecule is Cc1ccc([N+](=O)[O-])cc1NC(=O)/C(C#N)=C/c1cccc(Oc2ccccc2)c1. The van der Waals surface area contributed by atoms with Crippen molar-refractivity contribution < 1.29 is 14.5 Å². The Labute approximate surface area is 173 Å². The lowest BCUT2D eigenvalue weighted by Crippen LogP contribution is -2.14. The van der Waals surface area contributed by atoms with E-state index in [-0.39, 0.29) is 16.9 Å². The van der Waals surface area contributed by atoms with E-state index in [0.29, 0.717) is 22.6 Å². The van der Waals surface area contributed by atoms with Crippen LogP contribution in [0.3, 0.4) is 0 Å². The maximum Gasteiger partial charge on any atom is 0.271 e. The first kappa shape index (κ1) is 20.3. The van der Waals surface area contributed by atoms with Gasteiger partial charge in [-0.2, -0.15) is 5.26 Å². The molecule has 0 spiro atoms. The molecule has 0 bridgehead atoms.